The first-order valence-corrected chi connectivity index (χ1v) is 7.46. The van der Waals surface area contributed by atoms with E-state index in [1.165, 1.54) is 16.7 Å². The van der Waals surface area contributed by atoms with Crippen molar-refractivity contribution >= 4 is 0 Å². The van der Waals surface area contributed by atoms with Crippen molar-refractivity contribution in [1.82, 2.24) is 10.3 Å². The fraction of sp³-hybridized carbons (Fsp3) is 0.389. The summed E-state index contributed by atoms with van der Waals surface area (Å²) in [5.74, 6) is 0.950. The van der Waals surface area contributed by atoms with Crippen LogP contribution >= 0.6 is 0 Å². The molecule has 0 aliphatic carbocycles. The number of nitrogens with one attached hydrogen (secondary N) is 1. The van der Waals surface area contributed by atoms with Gasteiger partial charge in [0.25, 0.3) is 0 Å². The Morgan fingerprint density at radius 3 is 2.62 bits per heavy atom. The Morgan fingerprint density at radius 1 is 1.10 bits per heavy atom. The summed E-state index contributed by atoms with van der Waals surface area (Å²) in [5, 5.41) is 3.29. The maximum absolute atomic E-state index is 5.96. The van der Waals surface area contributed by atoms with Crippen molar-refractivity contribution in [2.24, 2.45) is 0 Å². The number of aromatic nitrogens is 1. The van der Waals surface area contributed by atoms with Gasteiger partial charge in [-0.2, -0.15) is 0 Å². The summed E-state index contributed by atoms with van der Waals surface area (Å²) in [6.07, 6.45) is 0. The third-order valence-corrected chi connectivity index (χ3v) is 3.56. The van der Waals surface area contributed by atoms with Gasteiger partial charge in [0, 0.05) is 6.54 Å². The van der Waals surface area contributed by atoms with Crippen LogP contribution in [0.25, 0.3) is 0 Å². The van der Waals surface area contributed by atoms with E-state index in [1.807, 2.05) is 18.2 Å². The molecule has 0 aliphatic rings. The molecule has 0 unspecified atom stereocenters. The third kappa shape index (κ3) is 4.30. The molecule has 0 saturated heterocycles. The van der Waals surface area contributed by atoms with E-state index in [2.05, 4.69) is 50.1 Å². The minimum absolute atomic E-state index is 0.504. The number of nitrogens with zero attached hydrogens (tertiary/aromatic N) is 1. The number of benzene rings is 1. The van der Waals surface area contributed by atoms with E-state index in [0.717, 1.165) is 30.2 Å². The fourth-order valence-corrected chi connectivity index (χ4v) is 2.26. The molecule has 2 aromatic rings. The molecule has 0 amide bonds. The molecule has 0 spiro atoms. The summed E-state index contributed by atoms with van der Waals surface area (Å²) in [6, 6.07) is 10.3. The van der Waals surface area contributed by atoms with Crippen molar-refractivity contribution in [2.45, 2.75) is 40.8 Å². The largest absolute Gasteiger partial charge is 0.487 e. The van der Waals surface area contributed by atoms with Crippen LogP contribution in [0.15, 0.2) is 30.3 Å². The van der Waals surface area contributed by atoms with Crippen molar-refractivity contribution < 1.29 is 4.74 Å². The van der Waals surface area contributed by atoms with Crippen molar-refractivity contribution in [1.29, 1.82) is 0 Å². The molecule has 0 radical (unpaired) electrons. The minimum Gasteiger partial charge on any atom is -0.487 e. The molecule has 0 saturated carbocycles. The quantitative estimate of drug-likeness (QED) is 0.878. The number of hydrogen-bond acceptors (Lipinski definition) is 3. The number of ether oxygens (including phenoxy) is 1. The van der Waals surface area contributed by atoms with Crippen molar-refractivity contribution in [3.63, 3.8) is 0 Å². The zero-order chi connectivity index (χ0) is 15.2. The van der Waals surface area contributed by atoms with Crippen LogP contribution < -0.4 is 10.1 Å². The summed E-state index contributed by atoms with van der Waals surface area (Å²) in [4.78, 5) is 4.61. The molecule has 1 aromatic carbocycles. The Hall–Kier alpha value is -1.87. The van der Waals surface area contributed by atoms with Crippen LogP contribution in [0.5, 0.6) is 5.75 Å². The Balaban J connectivity index is 2.06. The molecule has 3 heteroatoms. The lowest BCUT2D eigenvalue weighted by Gasteiger charge is -2.12. The second-order valence-corrected chi connectivity index (χ2v) is 5.39. The van der Waals surface area contributed by atoms with E-state index in [-0.39, 0.29) is 0 Å². The third-order valence-electron chi connectivity index (χ3n) is 3.56. The summed E-state index contributed by atoms with van der Waals surface area (Å²) < 4.78 is 5.96. The van der Waals surface area contributed by atoms with Crippen molar-refractivity contribution in [2.75, 3.05) is 6.54 Å². The molecule has 21 heavy (non-hydrogen) atoms. The molecule has 3 nitrogen and oxygen atoms in total. The predicted molar refractivity (Wildman–Crippen MR) is 86.6 cm³/mol. The van der Waals surface area contributed by atoms with Gasteiger partial charge in [0.2, 0.25) is 0 Å². The van der Waals surface area contributed by atoms with Crippen molar-refractivity contribution in [3.8, 4) is 5.75 Å². The number of rotatable bonds is 6. The normalized spacial score (nSPS) is 10.7. The van der Waals surface area contributed by atoms with Gasteiger partial charge in [0.15, 0.2) is 0 Å². The summed E-state index contributed by atoms with van der Waals surface area (Å²) in [7, 11) is 0. The van der Waals surface area contributed by atoms with Crippen LogP contribution in [-0.4, -0.2) is 11.5 Å². The van der Waals surface area contributed by atoms with Gasteiger partial charge in [-0.15, -0.1) is 0 Å². The topological polar surface area (TPSA) is 34.1 Å². The van der Waals surface area contributed by atoms with Gasteiger partial charge in [0.05, 0.1) is 11.4 Å². The lowest BCUT2D eigenvalue weighted by molar-refractivity contribution is 0.298. The van der Waals surface area contributed by atoms with E-state index >= 15 is 0 Å². The van der Waals surface area contributed by atoms with Crippen LogP contribution in [0.2, 0.25) is 0 Å². The maximum Gasteiger partial charge on any atom is 0.130 e. The van der Waals surface area contributed by atoms with Gasteiger partial charge in [0.1, 0.15) is 12.4 Å². The van der Waals surface area contributed by atoms with E-state index < -0.39 is 0 Å². The van der Waals surface area contributed by atoms with Crippen LogP contribution in [-0.2, 0) is 13.2 Å². The molecule has 1 N–H and O–H groups in total. The average Bonchev–Trinajstić information content (AvgIpc) is 2.47. The first kappa shape index (κ1) is 15.5. The van der Waals surface area contributed by atoms with E-state index in [1.54, 1.807) is 0 Å². The summed E-state index contributed by atoms with van der Waals surface area (Å²) in [5.41, 5.74) is 5.70. The SMILES string of the molecule is CCNCc1cccc(COc2cc(C)cc(C)c2C)n1. The van der Waals surface area contributed by atoms with Crippen LogP contribution in [0.1, 0.15) is 35.0 Å². The Bertz CT molecular complexity index is 608. The van der Waals surface area contributed by atoms with Crippen LogP contribution in [0.4, 0.5) is 0 Å². The van der Waals surface area contributed by atoms with Gasteiger partial charge in [-0.3, -0.25) is 4.98 Å². The molecule has 0 atom stereocenters. The molecule has 0 aliphatic heterocycles. The van der Waals surface area contributed by atoms with Gasteiger partial charge in [-0.25, -0.2) is 0 Å². The summed E-state index contributed by atoms with van der Waals surface area (Å²) >= 11 is 0. The highest BCUT2D eigenvalue weighted by molar-refractivity contribution is 5.42. The maximum atomic E-state index is 5.96. The van der Waals surface area contributed by atoms with Gasteiger partial charge in [-0.1, -0.05) is 19.1 Å². The Kier molecular flexibility index (Phi) is 5.34. The number of pyridine rings is 1. The summed E-state index contributed by atoms with van der Waals surface area (Å²) in [6.45, 7) is 10.6. The zero-order valence-electron chi connectivity index (χ0n) is 13.4. The van der Waals surface area contributed by atoms with Crippen molar-refractivity contribution in [3.05, 3.63) is 58.4 Å². The zero-order valence-corrected chi connectivity index (χ0v) is 13.4. The molecular weight excluding hydrogens is 260 g/mol. The molecule has 1 aromatic heterocycles. The predicted octanol–water partition coefficient (Wildman–Crippen LogP) is 3.70. The monoisotopic (exact) mass is 284 g/mol. The minimum atomic E-state index is 0.504. The standard InChI is InChI=1S/C18H24N2O/c1-5-19-11-16-7-6-8-17(20-16)12-21-18-10-13(2)9-14(3)15(18)4/h6-10,19H,5,11-12H2,1-4H3. The van der Waals surface area contributed by atoms with E-state index in [9.17, 15) is 0 Å². The average molecular weight is 284 g/mol. The first-order valence-electron chi connectivity index (χ1n) is 7.46. The second kappa shape index (κ2) is 7.23. The van der Waals surface area contributed by atoms with E-state index in [0.29, 0.717) is 6.61 Å². The molecule has 0 fully saturated rings. The molecular formula is C18H24N2O. The smallest absolute Gasteiger partial charge is 0.130 e. The molecule has 0 bridgehead atoms. The van der Waals surface area contributed by atoms with Crippen LogP contribution in [0, 0.1) is 20.8 Å². The fourth-order valence-electron chi connectivity index (χ4n) is 2.26. The first-order chi connectivity index (χ1) is 10.1. The highest BCUT2D eigenvalue weighted by Gasteiger charge is 2.05. The molecule has 112 valence electrons. The van der Waals surface area contributed by atoms with Gasteiger partial charge < -0.3 is 10.1 Å². The lowest BCUT2D eigenvalue weighted by Crippen LogP contribution is -2.13. The number of aryl methyl sites for hydroxylation is 2. The number of hydrogen-bond donors (Lipinski definition) is 1. The Morgan fingerprint density at radius 2 is 1.86 bits per heavy atom. The van der Waals surface area contributed by atoms with Gasteiger partial charge >= 0.3 is 0 Å². The lowest BCUT2D eigenvalue weighted by atomic mass is 10.1. The molecule has 2 rings (SSSR count). The van der Waals surface area contributed by atoms with Gasteiger partial charge in [-0.05, 0) is 62.2 Å². The molecule has 1 heterocycles. The second-order valence-electron chi connectivity index (χ2n) is 5.39. The Labute approximate surface area is 127 Å². The highest BCUT2D eigenvalue weighted by atomic mass is 16.5. The van der Waals surface area contributed by atoms with E-state index in [4.69, 9.17) is 4.74 Å². The highest BCUT2D eigenvalue weighted by Crippen LogP contribution is 2.24. The van der Waals surface area contributed by atoms with Crippen LogP contribution in [0.3, 0.4) is 0 Å².